The Morgan fingerprint density at radius 2 is 1.76 bits per heavy atom. The first kappa shape index (κ1) is 14.1. The first-order valence-electron chi connectivity index (χ1n) is 5.85. The summed E-state index contributed by atoms with van der Waals surface area (Å²) in [5.74, 6) is 0.441. The maximum atomic E-state index is 6.19. The van der Waals surface area contributed by atoms with E-state index >= 15 is 0 Å². The van der Waals surface area contributed by atoms with E-state index < -0.39 is 0 Å². The van der Waals surface area contributed by atoms with Gasteiger partial charge in [-0.25, -0.2) is 0 Å². The molecule has 0 aliphatic rings. The Labute approximate surface area is 135 Å². The molecule has 5 nitrogen and oxygen atoms in total. The predicted molar refractivity (Wildman–Crippen MR) is 84.0 cm³/mol. The molecule has 0 saturated heterocycles. The zero-order chi connectivity index (χ0) is 15.0. The fourth-order valence-corrected chi connectivity index (χ4v) is 2.58. The monoisotopic (exact) mass is 339 g/mol. The number of nitrogens with zero attached hydrogens (tertiary/aromatic N) is 4. The van der Waals surface area contributed by atoms with E-state index in [9.17, 15) is 0 Å². The van der Waals surface area contributed by atoms with Gasteiger partial charge in [0.1, 0.15) is 0 Å². The molecule has 21 heavy (non-hydrogen) atoms. The molecule has 0 fully saturated rings. The molecule has 0 aliphatic heterocycles. The van der Waals surface area contributed by atoms with Crippen LogP contribution in [0.4, 0.5) is 5.69 Å². The van der Waals surface area contributed by atoms with E-state index in [4.69, 9.17) is 40.5 Å². The standard InChI is InChI=1S/C13H8Cl3N5/c14-7-1-4-12(11(16)5-7)21-13(18-19-20-21)9-6-8(17)2-3-10(9)15/h1-6H,17H2. The van der Waals surface area contributed by atoms with Crippen LogP contribution in [-0.2, 0) is 0 Å². The average molecular weight is 341 g/mol. The van der Waals surface area contributed by atoms with E-state index in [-0.39, 0.29) is 0 Å². The lowest BCUT2D eigenvalue weighted by atomic mass is 10.2. The summed E-state index contributed by atoms with van der Waals surface area (Å²) in [5.41, 5.74) is 7.57. The largest absolute Gasteiger partial charge is 0.399 e. The second-order valence-corrected chi connectivity index (χ2v) is 5.50. The normalized spacial score (nSPS) is 10.8. The first-order chi connectivity index (χ1) is 10.1. The van der Waals surface area contributed by atoms with E-state index in [0.29, 0.717) is 37.8 Å². The molecule has 0 spiro atoms. The fourth-order valence-electron chi connectivity index (χ4n) is 1.88. The van der Waals surface area contributed by atoms with Crippen LogP contribution in [-0.4, -0.2) is 20.2 Å². The molecule has 2 N–H and O–H groups in total. The van der Waals surface area contributed by atoms with Gasteiger partial charge in [-0.05, 0) is 46.8 Å². The Balaban J connectivity index is 2.19. The minimum absolute atomic E-state index is 0.427. The number of nitrogen functional groups attached to an aromatic ring is 1. The van der Waals surface area contributed by atoms with Crippen LogP contribution in [0.3, 0.4) is 0 Å². The molecular formula is C13H8Cl3N5. The summed E-state index contributed by atoms with van der Waals surface area (Å²) in [4.78, 5) is 0. The maximum Gasteiger partial charge on any atom is 0.188 e. The topological polar surface area (TPSA) is 69.6 Å². The molecule has 2 aromatic carbocycles. The number of hydrogen-bond donors (Lipinski definition) is 1. The van der Waals surface area contributed by atoms with Gasteiger partial charge in [-0.1, -0.05) is 34.8 Å². The fraction of sp³-hybridized carbons (Fsp3) is 0. The smallest absolute Gasteiger partial charge is 0.188 e. The molecule has 0 aliphatic carbocycles. The predicted octanol–water partition coefficient (Wildman–Crippen LogP) is 3.87. The molecule has 106 valence electrons. The molecule has 1 heterocycles. The molecule has 3 aromatic rings. The van der Waals surface area contributed by atoms with Crippen LogP contribution < -0.4 is 5.73 Å². The number of rotatable bonds is 2. The third kappa shape index (κ3) is 2.68. The van der Waals surface area contributed by atoms with Crippen molar-refractivity contribution in [2.24, 2.45) is 0 Å². The van der Waals surface area contributed by atoms with Gasteiger partial charge in [0.2, 0.25) is 0 Å². The van der Waals surface area contributed by atoms with Gasteiger partial charge >= 0.3 is 0 Å². The SMILES string of the molecule is Nc1ccc(Cl)c(-c2nnnn2-c2ccc(Cl)cc2Cl)c1. The minimum atomic E-state index is 0.427. The van der Waals surface area contributed by atoms with Crippen LogP contribution in [0.2, 0.25) is 15.1 Å². The van der Waals surface area contributed by atoms with Gasteiger partial charge in [-0.2, -0.15) is 4.68 Å². The van der Waals surface area contributed by atoms with Crippen LogP contribution in [0, 0.1) is 0 Å². The van der Waals surface area contributed by atoms with Gasteiger partial charge in [0.25, 0.3) is 0 Å². The number of benzene rings is 2. The Morgan fingerprint density at radius 1 is 0.952 bits per heavy atom. The second kappa shape index (κ2) is 5.52. The lowest BCUT2D eigenvalue weighted by Gasteiger charge is -2.08. The highest BCUT2D eigenvalue weighted by atomic mass is 35.5. The summed E-state index contributed by atoms with van der Waals surface area (Å²) in [5, 5.41) is 13.1. The van der Waals surface area contributed by atoms with Crippen LogP contribution in [0.25, 0.3) is 17.1 Å². The van der Waals surface area contributed by atoms with Crippen molar-refractivity contribution in [3.8, 4) is 17.1 Å². The summed E-state index contributed by atoms with van der Waals surface area (Å²) in [6, 6.07) is 10.1. The minimum Gasteiger partial charge on any atom is -0.399 e. The number of tetrazole rings is 1. The van der Waals surface area contributed by atoms with E-state index in [1.807, 2.05) is 0 Å². The van der Waals surface area contributed by atoms with Crippen LogP contribution in [0.1, 0.15) is 0 Å². The van der Waals surface area contributed by atoms with Gasteiger partial charge in [0, 0.05) is 16.3 Å². The van der Waals surface area contributed by atoms with Crippen LogP contribution in [0.15, 0.2) is 36.4 Å². The third-order valence-electron chi connectivity index (χ3n) is 2.84. The van der Waals surface area contributed by atoms with E-state index in [0.717, 1.165) is 0 Å². The van der Waals surface area contributed by atoms with Gasteiger partial charge in [-0.3, -0.25) is 0 Å². The third-order valence-corrected chi connectivity index (χ3v) is 3.71. The average Bonchev–Trinajstić information content (AvgIpc) is 2.90. The van der Waals surface area contributed by atoms with Crippen LogP contribution in [0.5, 0.6) is 0 Å². The summed E-state index contributed by atoms with van der Waals surface area (Å²) >= 11 is 18.3. The van der Waals surface area contributed by atoms with Gasteiger partial charge < -0.3 is 5.73 Å². The van der Waals surface area contributed by atoms with Gasteiger partial charge in [-0.15, -0.1) is 5.10 Å². The van der Waals surface area contributed by atoms with E-state index in [2.05, 4.69) is 15.5 Å². The lowest BCUT2D eigenvalue weighted by molar-refractivity contribution is 0.791. The molecule has 3 rings (SSSR count). The van der Waals surface area contributed by atoms with Crippen molar-refractivity contribution in [1.29, 1.82) is 0 Å². The Bertz CT molecular complexity index is 815. The second-order valence-electron chi connectivity index (χ2n) is 4.25. The highest BCUT2D eigenvalue weighted by Crippen LogP contribution is 2.31. The molecule has 0 amide bonds. The molecule has 0 radical (unpaired) electrons. The number of anilines is 1. The van der Waals surface area contributed by atoms with E-state index in [1.54, 1.807) is 36.4 Å². The van der Waals surface area contributed by atoms with E-state index in [1.165, 1.54) is 4.68 Å². The number of nitrogens with two attached hydrogens (primary N) is 1. The van der Waals surface area contributed by atoms with Crippen molar-refractivity contribution in [1.82, 2.24) is 20.2 Å². The molecule has 0 saturated carbocycles. The molecule has 0 atom stereocenters. The van der Waals surface area contributed by atoms with Crippen molar-refractivity contribution in [2.45, 2.75) is 0 Å². The molecular weight excluding hydrogens is 333 g/mol. The summed E-state index contributed by atoms with van der Waals surface area (Å²) in [6.45, 7) is 0. The molecule has 0 unspecified atom stereocenters. The number of aromatic nitrogens is 4. The quantitative estimate of drug-likeness (QED) is 0.719. The molecule has 1 aromatic heterocycles. The van der Waals surface area contributed by atoms with Crippen molar-refractivity contribution in [3.05, 3.63) is 51.5 Å². The number of halogens is 3. The number of hydrogen-bond acceptors (Lipinski definition) is 4. The lowest BCUT2D eigenvalue weighted by Crippen LogP contribution is -2.01. The summed E-state index contributed by atoms with van der Waals surface area (Å²) < 4.78 is 1.49. The van der Waals surface area contributed by atoms with Crippen molar-refractivity contribution in [2.75, 3.05) is 5.73 Å². The highest BCUT2D eigenvalue weighted by molar-refractivity contribution is 6.36. The summed E-state index contributed by atoms with van der Waals surface area (Å²) in [6.07, 6.45) is 0. The van der Waals surface area contributed by atoms with Crippen LogP contribution >= 0.6 is 34.8 Å². The molecule has 8 heteroatoms. The Hall–Kier alpha value is -1.82. The van der Waals surface area contributed by atoms with Gasteiger partial charge in [0.15, 0.2) is 5.82 Å². The highest BCUT2D eigenvalue weighted by Gasteiger charge is 2.16. The Kier molecular flexibility index (Phi) is 3.71. The van der Waals surface area contributed by atoms with Crippen molar-refractivity contribution in [3.63, 3.8) is 0 Å². The van der Waals surface area contributed by atoms with Crippen molar-refractivity contribution >= 4 is 40.5 Å². The summed E-state index contributed by atoms with van der Waals surface area (Å²) in [7, 11) is 0. The first-order valence-corrected chi connectivity index (χ1v) is 6.99. The van der Waals surface area contributed by atoms with Gasteiger partial charge in [0.05, 0.1) is 15.7 Å². The zero-order valence-corrected chi connectivity index (χ0v) is 12.7. The Morgan fingerprint density at radius 3 is 2.52 bits per heavy atom. The molecule has 0 bridgehead atoms. The van der Waals surface area contributed by atoms with Crippen molar-refractivity contribution < 1.29 is 0 Å². The maximum absolute atomic E-state index is 6.19. The zero-order valence-electron chi connectivity index (χ0n) is 10.5.